The maximum atomic E-state index is 13.9. The molecule has 30 heteroatoms. The molecule has 3 N–H and O–H groups in total. The van der Waals surface area contributed by atoms with Gasteiger partial charge in [0.25, 0.3) is 0 Å². The number of carbonyl (C=O) groups excluding carboxylic acids is 2. The van der Waals surface area contributed by atoms with Gasteiger partial charge in [-0.25, -0.2) is 26.8 Å². The van der Waals surface area contributed by atoms with E-state index in [2.05, 4.69) is 39.5 Å². The molecule has 0 aliphatic carbocycles. The summed E-state index contributed by atoms with van der Waals surface area (Å²) in [5, 5.41) is 14.0. The number of hydrogen-bond acceptors (Lipinski definition) is 14. The van der Waals surface area contributed by atoms with Crippen molar-refractivity contribution in [2.24, 2.45) is 0 Å². The van der Waals surface area contributed by atoms with Crippen LogP contribution in [0.4, 0.5) is 55.3 Å². The van der Waals surface area contributed by atoms with Crippen molar-refractivity contribution < 1.29 is 99.1 Å². The Balaban J connectivity index is 0.000000200. The van der Waals surface area contributed by atoms with Gasteiger partial charge in [-0.2, -0.15) is 26.3 Å². The van der Waals surface area contributed by atoms with Gasteiger partial charge in [-0.15, -0.1) is 17.6 Å². The molecular formula is C53H42F10N6O12S2. The number of methoxy groups -OCH3 is 1. The molecule has 18 nitrogen and oxygen atoms in total. The maximum absolute atomic E-state index is 13.9. The number of para-hydroxylation sites is 2. The molecule has 0 radical (unpaired) electrons. The normalized spacial score (nSPS) is 14.4. The SMILES string of the molecule is COCCS(=O)(=O)c1ccc(CC(=O)Nc2ccc3c(c2)nc(C(F)(F)F)n3Cc2cccc3c2OC(F)(F)O3)cc1.O=C(Cc1ccc(S(=O)(=O)CCO)cc1)Nc1ccc2c(c1)nc(C(F)(F)F)n2Cc1cccc2c1OC(F)(F)O2. The zero-order chi connectivity index (χ0) is 59.9. The molecule has 83 heavy (non-hydrogen) atoms. The summed E-state index contributed by atoms with van der Waals surface area (Å²) in [5.41, 5.74) is 1.19. The van der Waals surface area contributed by atoms with Crippen LogP contribution >= 0.6 is 0 Å². The number of rotatable bonds is 17. The molecule has 0 unspecified atom stereocenters. The Bertz CT molecular complexity index is 4010. The van der Waals surface area contributed by atoms with Crippen LogP contribution in [0.1, 0.15) is 33.9 Å². The highest BCUT2D eigenvalue weighted by Gasteiger charge is 2.46. The van der Waals surface area contributed by atoms with E-state index >= 15 is 0 Å². The van der Waals surface area contributed by atoms with E-state index in [0.29, 0.717) is 11.1 Å². The Labute approximate surface area is 463 Å². The maximum Gasteiger partial charge on any atom is 0.586 e. The van der Waals surface area contributed by atoms with Gasteiger partial charge in [-0.3, -0.25) is 9.59 Å². The topological polar surface area (TPSA) is 228 Å². The Hall–Kier alpha value is -8.48. The lowest BCUT2D eigenvalue weighted by atomic mass is 10.1. The number of alkyl halides is 10. The van der Waals surface area contributed by atoms with Crippen LogP contribution in [0.2, 0.25) is 0 Å². The van der Waals surface area contributed by atoms with Crippen LogP contribution in [0, 0.1) is 0 Å². The minimum atomic E-state index is -4.89. The summed E-state index contributed by atoms with van der Waals surface area (Å²) in [5.74, 6) is -5.57. The molecular weight excluding hydrogens is 1170 g/mol. The highest BCUT2D eigenvalue weighted by atomic mass is 32.2. The third kappa shape index (κ3) is 13.6. The zero-order valence-corrected chi connectivity index (χ0v) is 44.2. The van der Waals surface area contributed by atoms with Gasteiger partial charge >= 0.3 is 24.9 Å². The molecule has 2 amide bonds. The number of benzene rings is 6. The van der Waals surface area contributed by atoms with Gasteiger partial charge < -0.3 is 48.6 Å². The molecule has 10 rings (SSSR count). The van der Waals surface area contributed by atoms with Crippen LogP contribution in [0.5, 0.6) is 23.0 Å². The van der Waals surface area contributed by atoms with Crippen LogP contribution in [-0.4, -0.2) is 97.3 Å². The predicted octanol–water partition coefficient (Wildman–Crippen LogP) is 9.40. The van der Waals surface area contributed by atoms with E-state index in [1.807, 2.05) is 0 Å². The number of aromatic nitrogens is 4. The molecule has 4 heterocycles. The summed E-state index contributed by atoms with van der Waals surface area (Å²) in [4.78, 5) is 32.7. The van der Waals surface area contributed by atoms with Crippen molar-refractivity contribution in [1.29, 1.82) is 0 Å². The van der Waals surface area contributed by atoms with E-state index in [4.69, 9.17) is 9.84 Å². The second kappa shape index (κ2) is 22.7. The zero-order valence-electron chi connectivity index (χ0n) is 42.5. The summed E-state index contributed by atoms with van der Waals surface area (Å²) in [7, 11) is -5.80. The molecule has 0 fully saturated rings. The first-order chi connectivity index (χ1) is 39.0. The average Bonchev–Trinajstić information content (AvgIpc) is 2.87. The van der Waals surface area contributed by atoms with Crippen LogP contribution in [0.15, 0.2) is 131 Å². The van der Waals surface area contributed by atoms with Crippen LogP contribution < -0.4 is 29.6 Å². The lowest BCUT2D eigenvalue weighted by molar-refractivity contribution is -0.287. The lowest BCUT2D eigenvalue weighted by Crippen LogP contribution is -2.26. The fourth-order valence-corrected chi connectivity index (χ4v) is 11.0. The van der Waals surface area contributed by atoms with Crippen molar-refractivity contribution >= 4 is 64.9 Å². The average molecular weight is 1210 g/mol. The molecule has 0 saturated carbocycles. The third-order valence-electron chi connectivity index (χ3n) is 12.5. The number of aliphatic hydroxyl groups excluding tert-OH is 1. The fourth-order valence-electron chi connectivity index (χ4n) is 8.77. The second-order valence-corrected chi connectivity index (χ2v) is 22.6. The summed E-state index contributed by atoms with van der Waals surface area (Å²) in [6.45, 7) is -1.51. The van der Waals surface area contributed by atoms with Crippen LogP contribution in [0.3, 0.4) is 0 Å². The summed E-state index contributed by atoms with van der Waals surface area (Å²) in [6.07, 6.45) is -18.0. The Kier molecular flexibility index (Phi) is 16.2. The van der Waals surface area contributed by atoms with Crippen molar-refractivity contribution in [2.75, 3.05) is 42.5 Å². The summed E-state index contributed by atoms with van der Waals surface area (Å²) in [6, 6.07) is 26.9. The Morgan fingerprint density at radius 1 is 0.578 bits per heavy atom. The minimum absolute atomic E-state index is 0.00882. The number of amides is 2. The number of hydrogen-bond donors (Lipinski definition) is 3. The largest absolute Gasteiger partial charge is 0.586 e. The van der Waals surface area contributed by atoms with Gasteiger partial charge in [-0.1, -0.05) is 48.5 Å². The van der Waals surface area contributed by atoms with Gasteiger partial charge in [0, 0.05) is 29.6 Å². The van der Waals surface area contributed by atoms with E-state index in [-0.39, 0.29) is 103 Å². The number of fused-ring (bicyclic) bond motifs is 4. The van der Waals surface area contributed by atoms with Crippen molar-refractivity contribution in [3.05, 3.63) is 155 Å². The fraction of sp³-hybridized carbons (Fsp3) is 0.245. The molecule has 438 valence electrons. The molecule has 0 atom stereocenters. The standard InChI is InChI=1S/C27H22F5N3O6S.C26H20F5N3O6S/c1-39-11-12-42(37,38)19-8-5-16(6-9-19)13-23(36)33-18-7-10-21-20(14-18)34-25(26(28,29)30)35(21)15-17-3-2-4-22-24(17)41-27(31,32)40-22;27-25(28,29)24-33-19-13-17(32-22(36)12-15-4-7-18(8-5-15)41(37,38)11-10-35)6-9-20(19)34(24)14-16-2-1-3-21-23(16)40-26(30,31)39-21/h2-10,14H,11-13,15H2,1H3,(H,33,36);1-9,13,35H,10-12,14H2,(H,32,36). The van der Waals surface area contributed by atoms with Crippen molar-refractivity contribution in [1.82, 2.24) is 19.1 Å². The van der Waals surface area contributed by atoms with E-state index < -0.39 is 93.5 Å². The number of nitrogens with zero attached hydrogens (tertiary/aromatic N) is 4. The van der Waals surface area contributed by atoms with Crippen molar-refractivity contribution in [2.45, 2.75) is 60.7 Å². The van der Waals surface area contributed by atoms with Crippen LogP contribution in [0.25, 0.3) is 22.1 Å². The first-order valence-electron chi connectivity index (χ1n) is 24.2. The number of nitrogens with one attached hydrogen (secondary N) is 2. The molecule has 2 aliphatic heterocycles. The van der Waals surface area contributed by atoms with Gasteiger partial charge in [0.15, 0.2) is 42.7 Å². The monoisotopic (exact) mass is 1210 g/mol. The first kappa shape index (κ1) is 59.2. The first-order valence-corrected chi connectivity index (χ1v) is 27.6. The summed E-state index contributed by atoms with van der Waals surface area (Å²) < 4.78 is 211. The van der Waals surface area contributed by atoms with Crippen molar-refractivity contribution in [3.63, 3.8) is 0 Å². The molecule has 8 aromatic rings. The van der Waals surface area contributed by atoms with Gasteiger partial charge in [0.2, 0.25) is 23.5 Å². The third-order valence-corrected chi connectivity index (χ3v) is 15.9. The Morgan fingerprint density at radius 2 is 0.976 bits per heavy atom. The highest BCUT2D eigenvalue weighted by Crippen LogP contribution is 2.46. The van der Waals surface area contributed by atoms with Crippen LogP contribution in [-0.2, 0) is 72.3 Å². The number of sulfone groups is 2. The Morgan fingerprint density at radius 3 is 1.35 bits per heavy atom. The number of ether oxygens (including phenoxy) is 5. The lowest BCUT2D eigenvalue weighted by Gasteiger charge is -2.13. The molecule has 0 saturated heterocycles. The molecule has 0 spiro atoms. The molecule has 0 bridgehead atoms. The smallest absolute Gasteiger partial charge is 0.395 e. The van der Waals surface area contributed by atoms with Crippen molar-refractivity contribution in [3.8, 4) is 23.0 Å². The minimum Gasteiger partial charge on any atom is -0.395 e. The second-order valence-electron chi connectivity index (χ2n) is 18.4. The number of carbonyl (C=O) groups is 2. The van der Waals surface area contributed by atoms with Gasteiger partial charge in [-0.05, 0) is 83.9 Å². The quantitative estimate of drug-likeness (QED) is 0.0722. The molecule has 2 aromatic heterocycles. The number of aliphatic hydroxyl groups is 1. The molecule has 2 aliphatic rings. The van der Waals surface area contributed by atoms with E-state index in [9.17, 15) is 70.3 Å². The number of imidazole rings is 2. The predicted molar refractivity (Wildman–Crippen MR) is 274 cm³/mol. The number of halogens is 10. The van der Waals surface area contributed by atoms with E-state index in [1.54, 1.807) is 0 Å². The van der Waals surface area contributed by atoms with E-state index in [0.717, 1.165) is 9.13 Å². The van der Waals surface area contributed by atoms with E-state index in [1.165, 1.54) is 128 Å². The number of anilines is 2. The van der Waals surface area contributed by atoms with Gasteiger partial charge in [0.05, 0.1) is 82.5 Å². The highest BCUT2D eigenvalue weighted by molar-refractivity contribution is 7.91. The molecule has 6 aromatic carbocycles. The summed E-state index contributed by atoms with van der Waals surface area (Å²) >= 11 is 0. The van der Waals surface area contributed by atoms with Gasteiger partial charge in [0.1, 0.15) is 0 Å².